The van der Waals surface area contributed by atoms with Crippen LogP contribution in [0, 0.1) is 0 Å². The van der Waals surface area contributed by atoms with Crippen LogP contribution in [0.5, 0.6) is 0 Å². The molecule has 5 heteroatoms. The van der Waals surface area contributed by atoms with Crippen LogP contribution in [0.4, 0.5) is 0 Å². The summed E-state index contributed by atoms with van der Waals surface area (Å²) in [6, 6.07) is 4.79. The van der Waals surface area contributed by atoms with Crippen molar-refractivity contribution in [3.8, 4) is 0 Å². The van der Waals surface area contributed by atoms with Crippen molar-refractivity contribution in [2.75, 3.05) is 0 Å². The van der Waals surface area contributed by atoms with Crippen LogP contribution in [0.2, 0.25) is 0 Å². The van der Waals surface area contributed by atoms with Crippen LogP contribution in [0.1, 0.15) is 41.4 Å². The van der Waals surface area contributed by atoms with Crippen LogP contribution >= 0.6 is 15.9 Å². The Morgan fingerprint density at radius 3 is 2.44 bits per heavy atom. The summed E-state index contributed by atoms with van der Waals surface area (Å²) < 4.78 is 0. The van der Waals surface area contributed by atoms with Gasteiger partial charge in [0.15, 0.2) is 11.9 Å². The molecule has 0 aromatic heterocycles. The average molecular weight is 315 g/mol. The molecule has 1 rings (SSSR count). The van der Waals surface area contributed by atoms with Crippen molar-refractivity contribution in [3.05, 3.63) is 34.9 Å². The molecule has 2 atom stereocenters. The number of hydrogen-bond donors (Lipinski definition) is 2. The van der Waals surface area contributed by atoms with Gasteiger partial charge in [0.05, 0.1) is 4.83 Å². The lowest BCUT2D eigenvalue weighted by atomic mass is 9.96. The Hall–Kier alpha value is -1.20. The summed E-state index contributed by atoms with van der Waals surface area (Å²) in [5.74, 6) is -1.46. The van der Waals surface area contributed by atoms with E-state index >= 15 is 0 Å². The smallest absolute Gasteiger partial charge is 0.337 e. The number of aliphatic hydroxyl groups excluding tert-OH is 1. The lowest BCUT2D eigenvalue weighted by Gasteiger charge is -2.13. The predicted octanol–water partition coefficient (Wildman–Crippen LogP) is 2.33. The second-order valence-electron chi connectivity index (χ2n) is 3.99. The van der Waals surface area contributed by atoms with Gasteiger partial charge in [-0.3, -0.25) is 4.79 Å². The van der Waals surface area contributed by atoms with Crippen molar-refractivity contribution >= 4 is 27.7 Å². The number of aliphatic hydroxyl groups is 1. The Bertz CT molecular complexity index is 468. The quantitative estimate of drug-likeness (QED) is 0.646. The summed E-state index contributed by atoms with van der Waals surface area (Å²) >= 11 is 3.17. The number of carbonyl (C=O) groups excluding carboxylic acids is 1. The van der Waals surface area contributed by atoms with Gasteiger partial charge in [-0.05, 0) is 30.5 Å². The number of hydrogen-bond acceptors (Lipinski definition) is 3. The van der Waals surface area contributed by atoms with E-state index < -0.39 is 12.1 Å². The Balaban J connectivity index is 3.25. The molecule has 0 fully saturated rings. The molecule has 1 aromatic carbocycles. The van der Waals surface area contributed by atoms with Gasteiger partial charge in [0, 0.05) is 5.56 Å². The molecule has 1 aromatic rings. The topological polar surface area (TPSA) is 74.6 Å². The normalized spacial score (nSPS) is 14.0. The number of halogens is 1. The molecule has 0 aliphatic rings. The summed E-state index contributed by atoms with van der Waals surface area (Å²) in [4.78, 5) is 22.3. The van der Waals surface area contributed by atoms with Crippen LogP contribution in [-0.2, 0) is 11.2 Å². The van der Waals surface area contributed by atoms with Crippen molar-refractivity contribution in [3.63, 3.8) is 0 Å². The minimum atomic E-state index is -1.60. The molecule has 18 heavy (non-hydrogen) atoms. The highest BCUT2D eigenvalue weighted by Crippen LogP contribution is 2.22. The first-order valence-corrected chi connectivity index (χ1v) is 6.52. The van der Waals surface area contributed by atoms with Crippen molar-refractivity contribution in [1.29, 1.82) is 0 Å². The van der Waals surface area contributed by atoms with Crippen LogP contribution in [0.25, 0.3) is 0 Å². The van der Waals surface area contributed by atoms with E-state index in [2.05, 4.69) is 15.9 Å². The predicted molar refractivity (Wildman–Crippen MR) is 71.1 cm³/mol. The first kappa shape index (κ1) is 14.9. The molecule has 98 valence electrons. The molecular weight excluding hydrogens is 300 g/mol. The minimum absolute atomic E-state index is 0.142. The van der Waals surface area contributed by atoms with E-state index in [1.165, 1.54) is 6.07 Å². The van der Waals surface area contributed by atoms with E-state index in [4.69, 9.17) is 5.11 Å². The Morgan fingerprint density at radius 1 is 1.39 bits per heavy atom. The van der Waals surface area contributed by atoms with E-state index in [1.54, 1.807) is 19.1 Å². The van der Waals surface area contributed by atoms with Gasteiger partial charge in [0.1, 0.15) is 0 Å². The molecule has 0 aliphatic carbocycles. The maximum Gasteiger partial charge on any atom is 0.337 e. The van der Waals surface area contributed by atoms with Crippen molar-refractivity contribution in [1.82, 2.24) is 0 Å². The van der Waals surface area contributed by atoms with Crippen LogP contribution in [-0.4, -0.2) is 26.8 Å². The van der Waals surface area contributed by atoms with Crippen LogP contribution in [0.3, 0.4) is 0 Å². The van der Waals surface area contributed by atoms with E-state index in [0.29, 0.717) is 12.0 Å². The Kier molecular flexibility index (Phi) is 5.04. The number of rotatable bonds is 5. The van der Waals surface area contributed by atoms with E-state index in [9.17, 15) is 14.7 Å². The molecule has 0 radical (unpaired) electrons. The molecule has 0 spiro atoms. The summed E-state index contributed by atoms with van der Waals surface area (Å²) in [6.07, 6.45) is -1.00. The van der Waals surface area contributed by atoms with Gasteiger partial charge in [-0.15, -0.1) is 0 Å². The highest BCUT2D eigenvalue weighted by Gasteiger charge is 2.21. The largest absolute Gasteiger partial charge is 0.479 e. The summed E-state index contributed by atoms with van der Waals surface area (Å²) in [5.41, 5.74) is 1.40. The fraction of sp³-hybridized carbons (Fsp3) is 0.385. The van der Waals surface area contributed by atoms with Gasteiger partial charge < -0.3 is 10.2 Å². The van der Waals surface area contributed by atoms with E-state index in [0.717, 1.165) is 5.56 Å². The zero-order valence-corrected chi connectivity index (χ0v) is 11.8. The third-order valence-corrected chi connectivity index (χ3v) is 3.12. The van der Waals surface area contributed by atoms with Gasteiger partial charge >= 0.3 is 5.97 Å². The third kappa shape index (κ3) is 3.17. The number of benzene rings is 1. The Morgan fingerprint density at radius 2 is 2.00 bits per heavy atom. The first-order chi connectivity index (χ1) is 8.38. The fourth-order valence-corrected chi connectivity index (χ4v) is 1.95. The van der Waals surface area contributed by atoms with E-state index in [-0.39, 0.29) is 16.2 Å². The van der Waals surface area contributed by atoms with E-state index in [1.807, 2.05) is 6.92 Å². The summed E-state index contributed by atoms with van der Waals surface area (Å²) in [5, 5.41) is 18.5. The summed E-state index contributed by atoms with van der Waals surface area (Å²) in [7, 11) is 0. The van der Waals surface area contributed by atoms with Gasteiger partial charge in [-0.1, -0.05) is 35.0 Å². The van der Waals surface area contributed by atoms with Gasteiger partial charge in [-0.2, -0.15) is 0 Å². The summed E-state index contributed by atoms with van der Waals surface area (Å²) in [6.45, 7) is 3.56. The van der Waals surface area contributed by atoms with Crippen molar-refractivity contribution in [2.24, 2.45) is 0 Å². The molecule has 0 heterocycles. The average Bonchev–Trinajstić information content (AvgIpc) is 2.35. The number of carboxylic acids is 1. The number of alkyl halides is 1. The van der Waals surface area contributed by atoms with Crippen molar-refractivity contribution < 1.29 is 19.8 Å². The first-order valence-electron chi connectivity index (χ1n) is 5.60. The fourth-order valence-electron chi connectivity index (χ4n) is 1.69. The maximum atomic E-state index is 11.8. The number of aliphatic carboxylic acids is 1. The van der Waals surface area contributed by atoms with Gasteiger partial charge in [-0.25, -0.2) is 4.79 Å². The molecule has 0 saturated heterocycles. The highest BCUT2D eigenvalue weighted by atomic mass is 79.9. The van der Waals surface area contributed by atoms with Crippen LogP contribution < -0.4 is 0 Å². The molecule has 4 nitrogen and oxygen atoms in total. The number of ketones is 1. The molecule has 2 N–H and O–H groups in total. The Labute approximate surface area is 114 Å². The van der Waals surface area contributed by atoms with Crippen molar-refractivity contribution in [2.45, 2.75) is 31.2 Å². The molecule has 0 aliphatic heterocycles. The second-order valence-corrected chi connectivity index (χ2v) is 5.36. The van der Waals surface area contributed by atoms with Gasteiger partial charge in [0.25, 0.3) is 0 Å². The molecule has 0 amide bonds. The molecule has 0 bridgehead atoms. The van der Waals surface area contributed by atoms with Gasteiger partial charge in [0.2, 0.25) is 0 Å². The van der Waals surface area contributed by atoms with Crippen LogP contribution in [0.15, 0.2) is 18.2 Å². The highest BCUT2D eigenvalue weighted by molar-refractivity contribution is 9.10. The molecule has 2 unspecified atom stereocenters. The maximum absolute atomic E-state index is 11.8. The third-order valence-electron chi connectivity index (χ3n) is 2.70. The molecular formula is C13H15BrO4. The zero-order valence-electron chi connectivity index (χ0n) is 10.2. The number of carboxylic acid groups (broad SMARTS) is 1. The standard InChI is InChI=1S/C13H15BrO4/c1-3-8-4-5-9(11(15)7(2)14)6-10(8)12(16)13(17)18/h4-7,12,16H,3H2,1-2H3,(H,17,18). The minimum Gasteiger partial charge on any atom is -0.479 e. The zero-order chi connectivity index (χ0) is 13.9. The number of Topliss-reactive ketones (excluding diaryl/α,β-unsaturated/α-hetero) is 1. The monoisotopic (exact) mass is 314 g/mol. The number of carbonyl (C=O) groups is 2. The molecule has 0 saturated carbocycles. The SMILES string of the molecule is CCc1ccc(C(=O)C(C)Br)cc1C(O)C(=O)O. The second kappa shape index (κ2) is 6.11. The number of aryl methyl sites for hydroxylation is 1. The lowest BCUT2D eigenvalue weighted by Crippen LogP contribution is -2.15. The lowest BCUT2D eigenvalue weighted by molar-refractivity contribution is -0.147.